The van der Waals surface area contributed by atoms with Crippen LogP contribution in [0.3, 0.4) is 0 Å². The highest BCUT2D eigenvalue weighted by molar-refractivity contribution is 5.86. The van der Waals surface area contributed by atoms with Gasteiger partial charge in [0.25, 0.3) is 0 Å². The summed E-state index contributed by atoms with van der Waals surface area (Å²) in [6.07, 6.45) is 2.31. The van der Waals surface area contributed by atoms with Crippen molar-refractivity contribution >= 4 is 5.97 Å². The Hall–Kier alpha value is -2.40. The number of carboxylic acids is 1. The Balaban J connectivity index is 1.98. The molecule has 0 unspecified atom stereocenters. The van der Waals surface area contributed by atoms with E-state index in [4.69, 9.17) is 14.6 Å². The van der Waals surface area contributed by atoms with Crippen LogP contribution < -0.4 is 4.74 Å². The van der Waals surface area contributed by atoms with Crippen molar-refractivity contribution in [1.29, 1.82) is 0 Å². The zero-order valence-corrected chi connectivity index (χ0v) is 11.8. The fraction of sp³-hybridized carbons (Fsp3) is 0.250. The van der Waals surface area contributed by atoms with E-state index in [0.717, 1.165) is 12.0 Å². The van der Waals surface area contributed by atoms with Gasteiger partial charge in [-0.3, -0.25) is 0 Å². The zero-order chi connectivity index (χ0) is 15.1. The topological polar surface area (TPSA) is 68.7 Å². The first-order valence-corrected chi connectivity index (χ1v) is 6.58. The van der Waals surface area contributed by atoms with E-state index in [1.54, 1.807) is 19.2 Å². The van der Waals surface area contributed by atoms with Gasteiger partial charge >= 0.3 is 5.97 Å². The van der Waals surface area contributed by atoms with Gasteiger partial charge in [0.2, 0.25) is 0 Å². The number of nitrogens with zero attached hydrogens (tertiary/aromatic N) is 1. The summed E-state index contributed by atoms with van der Waals surface area (Å²) < 4.78 is 10.6. The molecule has 0 aliphatic carbocycles. The molecule has 21 heavy (non-hydrogen) atoms. The van der Waals surface area contributed by atoms with Crippen LogP contribution in [0.25, 0.3) is 0 Å². The van der Waals surface area contributed by atoms with Gasteiger partial charge in [-0.1, -0.05) is 18.2 Å². The van der Waals surface area contributed by atoms with Crippen LogP contribution >= 0.6 is 0 Å². The molecule has 2 aromatic rings. The molecule has 0 radical (unpaired) electrons. The molecule has 110 valence electrons. The van der Waals surface area contributed by atoms with Gasteiger partial charge in [0, 0.05) is 18.9 Å². The monoisotopic (exact) mass is 287 g/mol. The second kappa shape index (κ2) is 7.40. The van der Waals surface area contributed by atoms with Gasteiger partial charge in [-0.05, 0) is 30.2 Å². The standard InChI is InChI=1S/C16H17NO4/c1-20-10-8-12-4-6-14(7-5-12)21-11-13-3-2-9-17-15(13)16(18)19/h2-7,9H,8,10-11H2,1H3,(H,18,19). The smallest absolute Gasteiger partial charge is 0.354 e. The van der Waals surface area contributed by atoms with Gasteiger partial charge in [-0.2, -0.15) is 0 Å². The molecule has 0 spiro atoms. The summed E-state index contributed by atoms with van der Waals surface area (Å²) in [4.78, 5) is 14.9. The second-order valence-electron chi connectivity index (χ2n) is 4.49. The first-order chi connectivity index (χ1) is 10.2. The van der Waals surface area contributed by atoms with E-state index in [2.05, 4.69) is 4.98 Å². The SMILES string of the molecule is COCCc1ccc(OCc2cccnc2C(=O)O)cc1. The first-order valence-electron chi connectivity index (χ1n) is 6.58. The predicted octanol–water partition coefficient (Wildman–Crippen LogP) is 2.55. The molecule has 1 N–H and O–H groups in total. The van der Waals surface area contributed by atoms with Gasteiger partial charge in [0.1, 0.15) is 12.4 Å². The number of rotatable bonds is 7. The van der Waals surface area contributed by atoms with Crippen molar-refractivity contribution in [3.8, 4) is 5.75 Å². The average molecular weight is 287 g/mol. The number of hydrogen-bond donors (Lipinski definition) is 1. The zero-order valence-electron chi connectivity index (χ0n) is 11.8. The molecule has 0 fully saturated rings. The molecular formula is C16H17NO4. The molecule has 0 saturated heterocycles. The van der Waals surface area contributed by atoms with E-state index < -0.39 is 5.97 Å². The van der Waals surface area contributed by atoms with Crippen LogP contribution in [0.5, 0.6) is 5.75 Å². The molecule has 2 rings (SSSR count). The van der Waals surface area contributed by atoms with E-state index in [1.165, 1.54) is 6.20 Å². The maximum atomic E-state index is 11.0. The quantitative estimate of drug-likeness (QED) is 0.847. The van der Waals surface area contributed by atoms with Crippen molar-refractivity contribution in [2.45, 2.75) is 13.0 Å². The minimum atomic E-state index is -1.05. The second-order valence-corrected chi connectivity index (χ2v) is 4.49. The lowest BCUT2D eigenvalue weighted by atomic mass is 10.1. The summed E-state index contributed by atoms with van der Waals surface area (Å²) in [6.45, 7) is 0.852. The van der Waals surface area contributed by atoms with Gasteiger partial charge in [0.15, 0.2) is 5.69 Å². The lowest BCUT2D eigenvalue weighted by molar-refractivity contribution is 0.0687. The molecular weight excluding hydrogens is 270 g/mol. The normalized spacial score (nSPS) is 10.3. The van der Waals surface area contributed by atoms with Gasteiger partial charge in [-0.15, -0.1) is 0 Å². The third-order valence-electron chi connectivity index (χ3n) is 3.01. The molecule has 0 bridgehead atoms. The van der Waals surface area contributed by atoms with Crippen LogP contribution in [0.15, 0.2) is 42.6 Å². The van der Waals surface area contributed by atoms with E-state index in [-0.39, 0.29) is 12.3 Å². The number of hydrogen-bond acceptors (Lipinski definition) is 4. The number of carboxylic acid groups (broad SMARTS) is 1. The minimum absolute atomic E-state index is 0.0224. The Bertz CT molecular complexity index is 595. The number of carbonyl (C=O) groups is 1. The average Bonchev–Trinajstić information content (AvgIpc) is 2.52. The van der Waals surface area contributed by atoms with Crippen LogP contribution in [-0.2, 0) is 17.8 Å². The van der Waals surface area contributed by atoms with Gasteiger partial charge in [0.05, 0.1) is 6.61 Å². The highest BCUT2D eigenvalue weighted by Crippen LogP contribution is 2.15. The summed E-state index contributed by atoms with van der Waals surface area (Å²) in [5.74, 6) is -0.361. The van der Waals surface area contributed by atoms with Crippen molar-refractivity contribution in [2.24, 2.45) is 0 Å². The minimum Gasteiger partial charge on any atom is -0.489 e. The molecule has 5 heteroatoms. The highest BCUT2D eigenvalue weighted by Gasteiger charge is 2.11. The van der Waals surface area contributed by atoms with E-state index in [0.29, 0.717) is 17.9 Å². The molecule has 1 aromatic heterocycles. The molecule has 0 atom stereocenters. The Labute approximate surface area is 123 Å². The number of methoxy groups -OCH3 is 1. The molecule has 1 aromatic carbocycles. The molecule has 1 heterocycles. The maximum absolute atomic E-state index is 11.0. The van der Waals surface area contributed by atoms with Crippen LogP contribution in [0, 0.1) is 0 Å². The molecule has 0 aliphatic heterocycles. The summed E-state index contributed by atoms with van der Waals surface area (Å²) in [5, 5.41) is 9.05. The highest BCUT2D eigenvalue weighted by atomic mass is 16.5. The summed E-state index contributed by atoms with van der Waals surface area (Å²) in [6, 6.07) is 11.1. The van der Waals surface area contributed by atoms with E-state index in [1.807, 2.05) is 24.3 Å². The number of benzene rings is 1. The Morgan fingerprint density at radius 2 is 2.00 bits per heavy atom. The Morgan fingerprint density at radius 1 is 1.24 bits per heavy atom. The lowest BCUT2D eigenvalue weighted by Crippen LogP contribution is -2.07. The van der Waals surface area contributed by atoms with Crippen molar-refractivity contribution in [3.05, 3.63) is 59.4 Å². The fourth-order valence-corrected chi connectivity index (χ4v) is 1.88. The largest absolute Gasteiger partial charge is 0.489 e. The van der Waals surface area contributed by atoms with Crippen molar-refractivity contribution < 1.29 is 19.4 Å². The van der Waals surface area contributed by atoms with Gasteiger partial charge < -0.3 is 14.6 Å². The molecule has 5 nitrogen and oxygen atoms in total. The van der Waals surface area contributed by atoms with Gasteiger partial charge in [-0.25, -0.2) is 9.78 Å². The lowest BCUT2D eigenvalue weighted by Gasteiger charge is -2.09. The van der Waals surface area contributed by atoms with Crippen LogP contribution in [0.1, 0.15) is 21.6 Å². The number of aromatic carboxylic acids is 1. The summed E-state index contributed by atoms with van der Waals surface area (Å²) in [5.41, 5.74) is 1.74. The van der Waals surface area contributed by atoms with Crippen LogP contribution in [0.4, 0.5) is 0 Å². The Morgan fingerprint density at radius 3 is 2.67 bits per heavy atom. The number of pyridine rings is 1. The summed E-state index contributed by atoms with van der Waals surface area (Å²) >= 11 is 0. The molecule has 0 aliphatic rings. The van der Waals surface area contributed by atoms with Crippen LogP contribution in [0.2, 0.25) is 0 Å². The summed E-state index contributed by atoms with van der Waals surface area (Å²) in [7, 11) is 1.67. The third-order valence-corrected chi connectivity index (χ3v) is 3.01. The first kappa shape index (κ1) is 15.0. The number of aromatic nitrogens is 1. The van der Waals surface area contributed by atoms with Crippen molar-refractivity contribution in [2.75, 3.05) is 13.7 Å². The maximum Gasteiger partial charge on any atom is 0.354 e. The molecule has 0 amide bonds. The Kier molecular flexibility index (Phi) is 5.29. The molecule has 0 saturated carbocycles. The van der Waals surface area contributed by atoms with Crippen molar-refractivity contribution in [1.82, 2.24) is 4.98 Å². The third kappa shape index (κ3) is 4.29. The van der Waals surface area contributed by atoms with Crippen LogP contribution in [-0.4, -0.2) is 29.8 Å². The van der Waals surface area contributed by atoms with E-state index >= 15 is 0 Å². The predicted molar refractivity (Wildman–Crippen MR) is 77.6 cm³/mol. The van der Waals surface area contributed by atoms with Crippen molar-refractivity contribution in [3.63, 3.8) is 0 Å². The fourth-order valence-electron chi connectivity index (χ4n) is 1.88. The number of ether oxygens (including phenoxy) is 2. The van der Waals surface area contributed by atoms with E-state index in [9.17, 15) is 4.79 Å².